The minimum Gasteiger partial charge on any atom is -0.481 e. The van der Waals surface area contributed by atoms with Crippen LogP contribution in [0.15, 0.2) is 35.4 Å². The molecule has 0 fully saturated rings. The standard InChI is InChI=1S/C16H19N3O4/c1-11(2)10-18(8-6-14(20)21)15(22)12-9-17-13-5-3-4-7-19(13)16(12)23/h3-5,7,9,11H,6,8,10H2,1-2H3,(H,20,21). The summed E-state index contributed by atoms with van der Waals surface area (Å²) in [5.74, 6) is -1.32. The first-order chi connectivity index (χ1) is 10.9. The lowest BCUT2D eigenvalue weighted by Crippen LogP contribution is -2.39. The number of fused-ring (bicyclic) bond motifs is 1. The van der Waals surface area contributed by atoms with Crippen LogP contribution in [0.25, 0.3) is 5.65 Å². The van der Waals surface area contributed by atoms with Crippen molar-refractivity contribution in [2.45, 2.75) is 20.3 Å². The molecule has 0 spiro atoms. The van der Waals surface area contributed by atoms with Gasteiger partial charge in [-0.05, 0) is 18.1 Å². The number of hydrogen-bond donors (Lipinski definition) is 1. The molecular formula is C16H19N3O4. The maximum absolute atomic E-state index is 12.6. The Bertz CT molecular complexity index is 782. The fourth-order valence-electron chi connectivity index (χ4n) is 2.29. The molecule has 122 valence electrons. The Hall–Kier alpha value is -2.70. The van der Waals surface area contributed by atoms with Gasteiger partial charge in [0.1, 0.15) is 11.2 Å². The number of aliphatic carboxylic acids is 1. The van der Waals surface area contributed by atoms with Crippen LogP contribution < -0.4 is 5.56 Å². The van der Waals surface area contributed by atoms with Crippen molar-refractivity contribution in [2.75, 3.05) is 13.1 Å². The number of amides is 1. The third kappa shape index (κ3) is 3.94. The van der Waals surface area contributed by atoms with Gasteiger partial charge in [-0.2, -0.15) is 0 Å². The second-order valence-electron chi connectivity index (χ2n) is 5.69. The van der Waals surface area contributed by atoms with Crippen LogP contribution in [0, 0.1) is 5.92 Å². The van der Waals surface area contributed by atoms with Crippen molar-refractivity contribution < 1.29 is 14.7 Å². The molecule has 0 radical (unpaired) electrons. The van der Waals surface area contributed by atoms with E-state index in [-0.39, 0.29) is 24.4 Å². The summed E-state index contributed by atoms with van der Waals surface area (Å²) in [4.78, 5) is 41.4. The molecule has 0 saturated heterocycles. The molecule has 2 heterocycles. The topological polar surface area (TPSA) is 92.0 Å². The van der Waals surface area contributed by atoms with Gasteiger partial charge in [0.05, 0.1) is 6.42 Å². The molecule has 0 aliphatic rings. The van der Waals surface area contributed by atoms with Crippen LogP contribution in [0.2, 0.25) is 0 Å². The number of pyridine rings is 1. The van der Waals surface area contributed by atoms with Gasteiger partial charge in [-0.25, -0.2) is 4.98 Å². The van der Waals surface area contributed by atoms with Gasteiger partial charge in [0.15, 0.2) is 0 Å². The Balaban J connectivity index is 2.37. The first-order valence-electron chi connectivity index (χ1n) is 7.37. The smallest absolute Gasteiger partial charge is 0.305 e. The second-order valence-corrected chi connectivity index (χ2v) is 5.69. The maximum Gasteiger partial charge on any atom is 0.305 e. The number of carbonyl (C=O) groups excluding carboxylic acids is 1. The molecule has 2 aromatic rings. The van der Waals surface area contributed by atoms with Gasteiger partial charge in [-0.1, -0.05) is 19.9 Å². The normalized spacial score (nSPS) is 10.9. The lowest BCUT2D eigenvalue weighted by Gasteiger charge is -2.23. The average molecular weight is 317 g/mol. The quantitative estimate of drug-likeness (QED) is 0.866. The first kappa shape index (κ1) is 16.7. The molecule has 0 saturated carbocycles. The second kappa shape index (κ2) is 7.04. The van der Waals surface area contributed by atoms with Crippen molar-refractivity contribution in [3.05, 3.63) is 46.5 Å². The van der Waals surface area contributed by atoms with E-state index in [1.807, 2.05) is 13.8 Å². The van der Waals surface area contributed by atoms with Crippen LogP contribution >= 0.6 is 0 Å². The molecule has 2 rings (SSSR count). The summed E-state index contributed by atoms with van der Waals surface area (Å²) in [6.45, 7) is 4.28. The van der Waals surface area contributed by atoms with Crippen LogP contribution in [0.5, 0.6) is 0 Å². The van der Waals surface area contributed by atoms with Gasteiger partial charge in [-0.3, -0.25) is 18.8 Å². The number of aromatic nitrogens is 2. The van der Waals surface area contributed by atoms with Crippen molar-refractivity contribution in [3.63, 3.8) is 0 Å². The van der Waals surface area contributed by atoms with E-state index >= 15 is 0 Å². The summed E-state index contributed by atoms with van der Waals surface area (Å²) in [5, 5.41) is 8.83. The van der Waals surface area contributed by atoms with Crippen LogP contribution in [0.3, 0.4) is 0 Å². The molecule has 0 aliphatic carbocycles. The highest BCUT2D eigenvalue weighted by Gasteiger charge is 2.21. The molecule has 1 amide bonds. The number of hydrogen-bond acceptors (Lipinski definition) is 4. The number of carboxylic acid groups (broad SMARTS) is 1. The number of carbonyl (C=O) groups is 2. The zero-order valence-electron chi connectivity index (χ0n) is 13.1. The lowest BCUT2D eigenvalue weighted by molar-refractivity contribution is -0.137. The van der Waals surface area contributed by atoms with Crippen LogP contribution in [-0.4, -0.2) is 44.4 Å². The summed E-state index contributed by atoms with van der Waals surface area (Å²) < 4.78 is 1.30. The van der Waals surface area contributed by atoms with Crippen molar-refractivity contribution >= 4 is 17.5 Å². The maximum atomic E-state index is 12.6. The average Bonchev–Trinajstić information content (AvgIpc) is 2.51. The Morgan fingerprint density at radius 2 is 2.09 bits per heavy atom. The summed E-state index contributed by atoms with van der Waals surface area (Å²) in [6.07, 6.45) is 2.64. The summed E-state index contributed by atoms with van der Waals surface area (Å²) in [6, 6.07) is 5.10. The van der Waals surface area contributed by atoms with E-state index in [1.54, 1.807) is 24.4 Å². The highest BCUT2D eigenvalue weighted by molar-refractivity contribution is 5.94. The van der Waals surface area contributed by atoms with E-state index in [0.29, 0.717) is 12.2 Å². The third-order valence-corrected chi connectivity index (χ3v) is 3.31. The van der Waals surface area contributed by atoms with Crippen LogP contribution in [0.1, 0.15) is 30.6 Å². The summed E-state index contributed by atoms with van der Waals surface area (Å²) >= 11 is 0. The lowest BCUT2D eigenvalue weighted by atomic mass is 10.1. The number of carboxylic acids is 1. The Kier molecular flexibility index (Phi) is 5.10. The van der Waals surface area contributed by atoms with E-state index in [2.05, 4.69) is 4.98 Å². The van der Waals surface area contributed by atoms with Gasteiger partial charge in [0, 0.05) is 25.5 Å². The highest BCUT2D eigenvalue weighted by atomic mass is 16.4. The predicted molar refractivity (Wildman–Crippen MR) is 84.5 cm³/mol. The minimum absolute atomic E-state index is 0.0558. The van der Waals surface area contributed by atoms with E-state index in [1.165, 1.54) is 15.5 Å². The fourth-order valence-corrected chi connectivity index (χ4v) is 2.29. The SMILES string of the molecule is CC(C)CN(CCC(=O)O)C(=O)c1cnc2ccccn2c1=O. The third-order valence-electron chi connectivity index (χ3n) is 3.31. The number of rotatable bonds is 6. The van der Waals surface area contributed by atoms with Crippen molar-refractivity contribution in [2.24, 2.45) is 5.92 Å². The van der Waals surface area contributed by atoms with Crippen LogP contribution in [0.4, 0.5) is 0 Å². The molecule has 0 atom stereocenters. The zero-order chi connectivity index (χ0) is 17.0. The molecule has 0 aromatic carbocycles. The summed E-state index contributed by atoms with van der Waals surface area (Å²) in [7, 11) is 0. The molecule has 0 aliphatic heterocycles. The molecular weight excluding hydrogens is 298 g/mol. The van der Waals surface area contributed by atoms with E-state index in [4.69, 9.17) is 5.11 Å². The first-order valence-corrected chi connectivity index (χ1v) is 7.37. The molecule has 2 aromatic heterocycles. The Morgan fingerprint density at radius 3 is 2.74 bits per heavy atom. The molecule has 1 N–H and O–H groups in total. The fraction of sp³-hybridized carbons (Fsp3) is 0.375. The molecule has 23 heavy (non-hydrogen) atoms. The van der Waals surface area contributed by atoms with Gasteiger partial charge in [0.2, 0.25) is 0 Å². The highest BCUT2D eigenvalue weighted by Crippen LogP contribution is 2.06. The van der Waals surface area contributed by atoms with Gasteiger partial charge in [0.25, 0.3) is 11.5 Å². The molecule has 7 nitrogen and oxygen atoms in total. The molecule has 0 bridgehead atoms. The van der Waals surface area contributed by atoms with Crippen LogP contribution in [-0.2, 0) is 4.79 Å². The van der Waals surface area contributed by atoms with Crippen molar-refractivity contribution in [1.82, 2.24) is 14.3 Å². The van der Waals surface area contributed by atoms with E-state index < -0.39 is 17.4 Å². The molecule has 7 heteroatoms. The number of nitrogens with zero attached hydrogens (tertiary/aromatic N) is 3. The predicted octanol–water partition coefficient (Wildman–Crippen LogP) is 1.27. The summed E-state index contributed by atoms with van der Waals surface area (Å²) in [5.41, 5.74) is -0.0561. The van der Waals surface area contributed by atoms with E-state index in [0.717, 1.165) is 0 Å². The van der Waals surface area contributed by atoms with Gasteiger partial charge in [-0.15, -0.1) is 0 Å². The zero-order valence-corrected chi connectivity index (χ0v) is 13.1. The monoisotopic (exact) mass is 317 g/mol. The van der Waals surface area contributed by atoms with Gasteiger partial charge >= 0.3 is 5.97 Å². The van der Waals surface area contributed by atoms with Gasteiger partial charge < -0.3 is 10.0 Å². The van der Waals surface area contributed by atoms with E-state index in [9.17, 15) is 14.4 Å². The Morgan fingerprint density at radius 1 is 1.35 bits per heavy atom. The largest absolute Gasteiger partial charge is 0.481 e. The Labute approximate surface area is 133 Å². The molecule has 0 unspecified atom stereocenters. The minimum atomic E-state index is -0.986. The van der Waals surface area contributed by atoms with Crippen molar-refractivity contribution in [3.8, 4) is 0 Å². The van der Waals surface area contributed by atoms with Crippen molar-refractivity contribution in [1.29, 1.82) is 0 Å².